The van der Waals surface area contributed by atoms with Crippen molar-refractivity contribution in [1.82, 2.24) is 14.9 Å². The molecule has 27 heavy (non-hydrogen) atoms. The van der Waals surface area contributed by atoms with Gasteiger partial charge in [-0.2, -0.15) is 13.2 Å². The number of alkyl halides is 5. The third-order valence-electron chi connectivity index (χ3n) is 5.14. The lowest BCUT2D eigenvalue weighted by Gasteiger charge is -2.35. The van der Waals surface area contributed by atoms with Gasteiger partial charge in [0.2, 0.25) is 11.9 Å². The van der Waals surface area contributed by atoms with Gasteiger partial charge >= 0.3 is 6.18 Å². The summed E-state index contributed by atoms with van der Waals surface area (Å²) in [7, 11) is 0. The number of hydrogen-bond acceptors (Lipinski definition) is 4. The lowest BCUT2D eigenvalue weighted by atomic mass is 9.92. The summed E-state index contributed by atoms with van der Waals surface area (Å²) in [6, 6.07) is 0.830. The normalized spacial score (nSPS) is 21.4. The van der Waals surface area contributed by atoms with Crippen molar-refractivity contribution in [3.8, 4) is 0 Å². The molecule has 0 bridgehead atoms. The summed E-state index contributed by atoms with van der Waals surface area (Å²) < 4.78 is 64.7. The van der Waals surface area contributed by atoms with Gasteiger partial charge in [-0.1, -0.05) is 0 Å². The highest BCUT2D eigenvalue weighted by Crippen LogP contribution is 2.31. The Kier molecular flexibility index (Phi) is 5.53. The minimum absolute atomic E-state index is 0.0351. The second kappa shape index (κ2) is 7.55. The maximum absolute atomic E-state index is 13.2. The Hall–Kier alpha value is -2.00. The molecule has 0 aliphatic carbocycles. The summed E-state index contributed by atoms with van der Waals surface area (Å²) in [5, 5.41) is 0. The van der Waals surface area contributed by atoms with Crippen LogP contribution >= 0.6 is 0 Å². The van der Waals surface area contributed by atoms with Crippen LogP contribution in [0, 0.1) is 5.92 Å². The third kappa shape index (κ3) is 5.04. The number of piperidine rings is 2. The molecule has 2 saturated heterocycles. The van der Waals surface area contributed by atoms with Gasteiger partial charge in [0.05, 0.1) is 0 Å². The van der Waals surface area contributed by atoms with Crippen LogP contribution in [0.3, 0.4) is 0 Å². The van der Waals surface area contributed by atoms with Crippen LogP contribution in [0.15, 0.2) is 12.3 Å². The smallest absolute Gasteiger partial charge is 0.342 e. The fraction of sp³-hybridized carbons (Fsp3) is 0.706. The van der Waals surface area contributed by atoms with E-state index in [0.717, 1.165) is 12.3 Å². The zero-order valence-electron chi connectivity index (χ0n) is 14.7. The number of nitrogens with zero attached hydrogens (tertiary/aromatic N) is 4. The maximum Gasteiger partial charge on any atom is 0.433 e. The van der Waals surface area contributed by atoms with Crippen molar-refractivity contribution >= 4 is 11.9 Å². The molecular formula is C17H21F5N4O. The lowest BCUT2D eigenvalue weighted by molar-refractivity contribution is -0.141. The van der Waals surface area contributed by atoms with E-state index in [1.165, 1.54) is 4.90 Å². The first-order valence-corrected chi connectivity index (χ1v) is 8.95. The van der Waals surface area contributed by atoms with Crippen molar-refractivity contribution in [3.63, 3.8) is 0 Å². The lowest BCUT2D eigenvalue weighted by Crippen LogP contribution is -2.44. The van der Waals surface area contributed by atoms with Crippen molar-refractivity contribution in [2.75, 3.05) is 31.1 Å². The van der Waals surface area contributed by atoms with E-state index in [-0.39, 0.29) is 50.1 Å². The number of aromatic nitrogens is 2. The van der Waals surface area contributed by atoms with E-state index in [1.54, 1.807) is 4.90 Å². The zero-order valence-corrected chi connectivity index (χ0v) is 14.7. The molecule has 1 aromatic rings. The van der Waals surface area contributed by atoms with E-state index in [4.69, 9.17) is 0 Å². The molecule has 2 aliphatic rings. The van der Waals surface area contributed by atoms with Gasteiger partial charge in [-0.3, -0.25) is 4.79 Å². The second-order valence-electron chi connectivity index (χ2n) is 7.11. The highest BCUT2D eigenvalue weighted by atomic mass is 19.4. The predicted molar refractivity (Wildman–Crippen MR) is 87.3 cm³/mol. The molecule has 2 fully saturated rings. The van der Waals surface area contributed by atoms with Gasteiger partial charge in [0, 0.05) is 51.6 Å². The molecular weight excluding hydrogens is 371 g/mol. The molecule has 0 radical (unpaired) electrons. The highest BCUT2D eigenvalue weighted by molar-refractivity contribution is 5.76. The van der Waals surface area contributed by atoms with Gasteiger partial charge in [0.25, 0.3) is 5.92 Å². The molecule has 0 aromatic carbocycles. The minimum atomic E-state index is -4.52. The number of rotatable bonds is 3. The Labute approximate surface area is 153 Å². The number of likely N-dealkylation sites (tertiary alicyclic amines) is 1. The first-order chi connectivity index (χ1) is 12.6. The number of amides is 1. The Morgan fingerprint density at radius 3 is 2.37 bits per heavy atom. The van der Waals surface area contributed by atoms with Gasteiger partial charge in [0.1, 0.15) is 5.69 Å². The molecule has 0 saturated carbocycles. The van der Waals surface area contributed by atoms with Crippen LogP contribution in [0.1, 0.15) is 37.8 Å². The standard InChI is InChI=1S/C17H21F5N4O/c18-16(19)4-9-25(10-5-16)14(27)11-12-2-7-26(8-3-12)15-23-6-1-13(24-15)17(20,21)22/h1,6,12H,2-5,7-11H2. The van der Waals surface area contributed by atoms with Crippen LogP contribution in [0.2, 0.25) is 0 Å². The van der Waals surface area contributed by atoms with Crippen LogP contribution in [-0.4, -0.2) is 52.9 Å². The van der Waals surface area contributed by atoms with Crippen molar-refractivity contribution in [3.05, 3.63) is 18.0 Å². The molecule has 5 nitrogen and oxygen atoms in total. The summed E-state index contributed by atoms with van der Waals surface area (Å²) >= 11 is 0. The minimum Gasteiger partial charge on any atom is -0.342 e. The van der Waals surface area contributed by atoms with Crippen LogP contribution < -0.4 is 4.90 Å². The van der Waals surface area contributed by atoms with Gasteiger partial charge in [-0.05, 0) is 24.8 Å². The molecule has 0 unspecified atom stereocenters. The topological polar surface area (TPSA) is 49.3 Å². The van der Waals surface area contributed by atoms with Gasteiger partial charge in [-0.25, -0.2) is 18.7 Å². The van der Waals surface area contributed by atoms with E-state index >= 15 is 0 Å². The van der Waals surface area contributed by atoms with E-state index in [1.807, 2.05) is 0 Å². The number of anilines is 1. The summed E-state index contributed by atoms with van der Waals surface area (Å²) in [6.45, 7) is 1.06. The second-order valence-corrected chi connectivity index (χ2v) is 7.11. The number of carbonyl (C=O) groups excluding carboxylic acids is 1. The Morgan fingerprint density at radius 1 is 1.15 bits per heavy atom. The summed E-state index contributed by atoms with van der Waals surface area (Å²) in [5.41, 5.74) is -0.980. The fourth-order valence-corrected chi connectivity index (χ4v) is 3.46. The molecule has 1 aromatic heterocycles. The Balaban J connectivity index is 1.50. The van der Waals surface area contributed by atoms with Gasteiger partial charge < -0.3 is 9.80 Å². The largest absolute Gasteiger partial charge is 0.433 e. The number of halogens is 5. The summed E-state index contributed by atoms with van der Waals surface area (Å²) in [5.74, 6) is -2.69. The quantitative estimate of drug-likeness (QED) is 0.741. The Bertz CT molecular complexity index is 664. The van der Waals surface area contributed by atoms with E-state index in [2.05, 4.69) is 9.97 Å². The van der Waals surface area contributed by atoms with Crippen LogP contribution in [0.5, 0.6) is 0 Å². The number of hydrogen-bond donors (Lipinski definition) is 0. The zero-order chi connectivity index (χ0) is 19.7. The molecule has 3 rings (SSSR count). The predicted octanol–water partition coefficient (Wildman–Crippen LogP) is 3.36. The molecule has 0 spiro atoms. The summed E-state index contributed by atoms with van der Waals surface area (Å²) in [4.78, 5) is 23.0. The number of carbonyl (C=O) groups is 1. The van der Waals surface area contributed by atoms with E-state index < -0.39 is 17.8 Å². The SMILES string of the molecule is O=C(CC1CCN(c2nccc(C(F)(F)F)n2)CC1)N1CCC(F)(F)CC1. The average molecular weight is 392 g/mol. The van der Waals surface area contributed by atoms with Gasteiger partial charge in [0.15, 0.2) is 0 Å². The van der Waals surface area contributed by atoms with E-state index in [9.17, 15) is 26.7 Å². The first kappa shape index (κ1) is 19.8. The van der Waals surface area contributed by atoms with Crippen molar-refractivity contribution in [2.24, 2.45) is 5.92 Å². The monoisotopic (exact) mass is 392 g/mol. The molecule has 2 aliphatic heterocycles. The molecule has 0 N–H and O–H groups in total. The highest BCUT2D eigenvalue weighted by Gasteiger charge is 2.36. The molecule has 1 amide bonds. The van der Waals surface area contributed by atoms with Crippen LogP contribution in [0.4, 0.5) is 27.9 Å². The Morgan fingerprint density at radius 2 is 1.78 bits per heavy atom. The van der Waals surface area contributed by atoms with Crippen molar-refractivity contribution in [1.29, 1.82) is 0 Å². The summed E-state index contributed by atoms with van der Waals surface area (Å²) in [6.07, 6.45) is -2.51. The van der Waals surface area contributed by atoms with Crippen LogP contribution in [0.25, 0.3) is 0 Å². The van der Waals surface area contributed by atoms with Gasteiger partial charge in [-0.15, -0.1) is 0 Å². The van der Waals surface area contributed by atoms with Crippen LogP contribution in [-0.2, 0) is 11.0 Å². The van der Waals surface area contributed by atoms with Crippen molar-refractivity contribution in [2.45, 2.75) is 44.2 Å². The molecule has 10 heteroatoms. The maximum atomic E-state index is 13.2. The first-order valence-electron chi connectivity index (χ1n) is 8.95. The van der Waals surface area contributed by atoms with Crippen molar-refractivity contribution < 1.29 is 26.7 Å². The fourth-order valence-electron chi connectivity index (χ4n) is 3.46. The molecule has 3 heterocycles. The van der Waals surface area contributed by atoms with E-state index in [0.29, 0.717) is 25.9 Å². The molecule has 0 atom stereocenters. The molecule has 150 valence electrons. The third-order valence-corrected chi connectivity index (χ3v) is 5.14. The average Bonchev–Trinajstić information content (AvgIpc) is 2.61.